The van der Waals surface area contributed by atoms with Gasteiger partial charge in [-0.3, -0.25) is 0 Å². The van der Waals surface area contributed by atoms with Crippen LogP contribution in [0.4, 0.5) is 8.78 Å². The Morgan fingerprint density at radius 2 is 1.50 bits per heavy atom. The lowest BCUT2D eigenvalue weighted by Gasteiger charge is -2.22. The summed E-state index contributed by atoms with van der Waals surface area (Å²) in [5.41, 5.74) is -0.151. The molecule has 0 bridgehead atoms. The third kappa shape index (κ3) is 3.69. The molecule has 0 saturated heterocycles. The molecule has 0 saturated carbocycles. The fourth-order valence-corrected chi connectivity index (χ4v) is 1.52. The molecule has 0 amide bonds. The monoisotopic (exact) mass is 256 g/mol. The van der Waals surface area contributed by atoms with Crippen LogP contribution in [0.25, 0.3) is 0 Å². The predicted octanol–water partition coefficient (Wildman–Crippen LogP) is 4.69. The molecule has 0 heterocycles. The second kappa shape index (κ2) is 4.87. The summed E-state index contributed by atoms with van der Waals surface area (Å²) < 4.78 is 33.1. The molecule has 0 aromatic heterocycles. The third-order valence-corrected chi connectivity index (χ3v) is 2.52. The van der Waals surface area contributed by atoms with E-state index in [0.717, 1.165) is 0 Å². The maximum absolute atomic E-state index is 13.9. The zero-order chi connectivity index (χ0) is 14.1. The van der Waals surface area contributed by atoms with Crippen LogP contribution in [0.5, 0.6) is 5.75 Å². The fourth-order valence-electron chi connectivity index (χ4n) is 1.52. The Balaban J connectivity index is 3.02. The van der Waals surface area contributed by atoms with Crippen molar-refractivity contribution < 1.29 is 13.5 Å². The van der Waals surface area contributed by atoms with E-state index in [1.807, 2.05) is 41.5 Å². The molecule has 0 aliphatic carbocycles. The molecule has 0 fully saturated rings. The third-order valence-electron chi connectivity index (χ3n) is 2.52. The van der Waals surface area contributed by atoms with Gasteiger partial charge in [0.1, 0.15) is 0 Å². The van der Waals surface area contributed by atoms with Crippen LogP contribution in [0, 0.1) is 17.0 Å². The summed E-state index contributed by atoms with van der Waals surface area (Å²) in [6.07, 6.45) is 0. The van der Waals surface area contributed by atoms with E-state index in [2.05, 4.69) is 0 Å². The van der Waals surface area contributed by atoms with Crippen LogP contribution in [0.3, 0.4) is 0 Å². The number of benzene rings is 1. The standard InChI is InChI=1S/C15H22F2O/c1-14(2,3)9-18-11-8-7-10(15(4,5)6)12(16)13(11)17/h7-8H,9H2,1-6H3. The Morgan fingerprint density at radius 3 is 1.94 bits per heavy atom. The Hall–Kier alpha value is -1.12. The van der Waals surface area contributed by atoms with Crippen molar-refractivity contribution >= 4 is 0 Å². The molecule has 0 radical (unpaired) electrons. The van der Waals surface area contributed by atoms with Gasteiger partial charge in [-0.1, -0.05) is 47.6 Å². The first-order valence-corrected chi connectivity index (χ1v) is 6.14. The maximum atomic E-state index is 13.9. The lowest BCUT2D eigenvalue weighted by molar-refractivity contribution is 0.189. The Bertz CT molecular complexity index is 425. The zero-order valence-electron chi connectivity index (χ0n) is 12.0. The van der Waals surface area contributed by atoms with Crippen LogP contribution in [0.2, 0.25) is 0 Å². The van der Waals surface area contributed by atoms with Crippen molar-refractivity contribution in [2.75, 3.05) is 6.61 Å². The van der Waals surface area contributed by atoms with E-state index in [0.29, 0.717) is 12.2 Å². The largest absolute Gasteiger partial charge is 0.490 e. The van der Waals surface area contributed by atoms with Gasteiger partial charge in [-0.25, -0.2) is 4.39 Å². The SMILES string of the molecule is CC(C)(C)COc1ccc(C(C)(C)C)c(F)c1F. The Labute approximate surface area is 108 Å². The van der Waals surface area contributed by atoms with Gasteiger partial charge in [0.2, 0.25) is 5.82 Å². The lowest BCUT2D eigenvalue weighted by Crippen LogP contribution is -2.19. The molecule has 1 aromatic rings. The average molecular weight is 256 g/mol. The molecular weight excluding hydrogens is 234 g/mol. The van der Waals surface area contributed by atoms with Gasteiger partial charge in [0, 0.05) is 0 Å². The van der Waals surface area contributed by atoms with Crippen LogP contribution >= 0.6 is 0 Å². The minimum absolute atomic E-state index is 0.0181. The Morgan fingerprint density at radius 1 is 0.944 bits per heavy atom. The van der Waals surface area contributed by atoms with Crippen LogP contribution in [-0.2, 0) is 5.41 Å². The summed E-state index contributed by atoms with van der Waals surface area (Å²) in [7, 11) is 0. The fraction of sp³-hybridized carbons (Fsp3) is 0.600. The van der Waals surface area contributed by atoms with E-state index >= 15 is 0 Å². The van der Waals surface area contributed by atoms with E-state index in [4.69, 9.17) is 4.74 Å². The van der Waals surface area contributed by atoms with E-state index < -0.39 is 17.0 Å². The van der Waals surface area contributed by atoms with Crippen molar-refractivity contribution in [2.24, 2.45) is 5.41 Å². The molecule has 0 aliphatic rings. The second-order valence-electron chi connectivity index (χ2n) is 6.84. The molecular formula is C15H22F2O. The molecule has 0 unspecified atom stereocenters. The van der Waals surface area contributed by atoms with Gasteiger partial charge in [0.05, 0.1) is 6.61 Å². The van der Waals surface area contributed by atoms with Gasteiger partial charge >= 0.3 is 0 Å². The minimum Gasteiger partial charge on any atom is -0.490 e. The molecule has 3 heteroatoms. The van der Waals surface area contributed by atoms with Crippen LogP contribution in [0.15, 0.2) is 12.1 Å². The van der Waals surface area contributed by atoms with Crippen molar-refractivity contribution in [3.05, 3.63) is 29.3 Å². The summed E-state index contributed by atoms with van der Waals surface area (Å²) in [5, 5.41) is 0. The van der Waals surface area contributed by atoms with E-state index in [1.165, 1.54) is 6.07 Å². The highest BCUT2D eigenvalue weighted by molar-refractivity contribution is 5.34. The van der Waals surface area contributed by atoms with Gasteiger partial charge < -0.3 is 4.74 Å². The van der Waals surface area contributed by atoms with Crippen molar-refractivity contribution in [1.82, 2.24) is 0 Å². The summed E-state index contributed by atoms with van der Waals surface area (Å²) in [6, 6.07) is 3.10. The van der Waals surface area contributed by atoms with Crippen molar-refractivity contribution in [1.29, 1.82) is 0 Å². The molecule has 1 aromatic carbocycles. The molecule has 0 atom stereocenters. The van der Waals surface area contributed by atoms with Crippen LogP contribution in [-0.4, -0.2) is 6.61 Å². The Kier molecular flexibility index (Phi) is 4.04. The number of rotatable bonds is 2. The smallest absolute Gasteiger partial charge is 0.200 e. The first kappa shape index (κ1) is 14.9. The summed E-state index contributed by atoms with van der Waals surface area (Å²) in [5.74, 6) is -1.73. The van der Waals surface area contributed by atoms with Gasteiger partial charge in [0.15, 0.2) is 11.6 Å². The quantitative estimate of drug-likeness (QED) is 0.746. The minimum atomic E-state index is -0.897. The van der Waals surface area contributed by atoms with Crippen molar-refractivity contribution in [3.8, 4) is 5.75 Å². The molecule has 1 nitrogen and oxygen atoms in total. The number of hydrogen-bond donors (Lipinski definition) is 0. The van der Waals surface area contributed by atoms with E-state index in [-0.39, 0.29) is 11.2 Å². The first-order valence-electron chi connectivity index (χ1n) is 6.14. The molecule has 0 spiro atoms. The van der Waals surface area contributed by atoms with Crippen LogP contribution in [0.1, 0.15) is 47.1 Å². The summed E-state index contributed by atoms with van der Waals surface area (Å²) >= 11 is 0. The molecule has 0 aliphatic heterocycles. The predicted molar refractivity (Wildman–Crippen MR) is 70.0 cm³/mol. The maximum Gasteiger partial charge on any atom is 0.200 e. The average Bonchev–Trinajstić information content (AvgIpc) is 2.17. The van der Waals surface area contributed by atoms with Gasteiger partial charge in [-0.15, -0.1) is 0 Å². The second-order valence-corrected chi connectivity index (χ2v) is 6.84. The summed E-state index contributed by atoms with van der Waals surface area (Å²) in [4.78, 5) is 0. The van der Waals surface area contributed by atoms with E-state index in [9.17, 15) is 8.78 Å². The highest BCUT2D eigenvalue weighted by Gasteiger charge is 2.24. The van der Waals surface area contributed by atoms with Gasteiger partial charge in [-0.2, -0.15) is 4.39 Å². The normalized spacial score (nSPS) is 12.7. The van der Waals surface area contributed by atoms with Crippen LogP contribution < -0.4 is 4.74 Å². The first-order chi connectivity index (χ1) is 8.02. The van der Waals surface area contributed by atoms with Gasteiger partial charge in [-0.05, 0) is 22.5 Å². The molecule has 18 heavy (non-hydrogen) atoms. The number of ether oxygens (including phenoxy) is 1. The summed E-state index contributed by atoms with van der Waals surface area (Å²) in [6.45, 7) is 11.8. The van der Waals surface area contributed by atoms with Gasteiger partial charge in [0.25, 0.3) is 0 Å². The highest BCUT2D eigenvalue weighted by atomic mass is 19.2. The highest BCUT2D eigenvalue weighted by Crippen LogP contribution is 2.31. The molecule has 1 rings (SSSR count). The zero-order valence-corrected chi connectivity index (χ0v) is 12.0. The van der Waals surface area contributed by atoms with Crippen molar-refractivity contribution in [3.63, 3.8) is 0 Å². The molecule has 102 valence electrons. The lowest BCUT2D eigenvalue weighted by atomic mass is 9.86. The van der Waals surface area contributed by atoms with Crippen molar-refractivity contribution in [2.45, 2.75) is 47.0 Å². The molecule has 0 N–H and O–H groups in total. The number of halogens is 2. The van der Waals surface area contributed by atoms with E-state index in [1.54, 1.807) is 6.07 Å². The topological polar surface area (TPSA) is 9.23 Å². The number of hydrogen-bond acceptors (Lipinski definition) is 1.